The van der Waals surface area contributed by atoms with Crippen molar-refractivity contribution in [1.29, 1.82) is 0 Å². The Hall–Kier alpha value is -1.63. The van der Waals surface area contributed by atoms with E-state index in [9.17, 15) is 9.59 Å². The van der Waals surface area contributed by atoms with E-state index in [-0.39, 0.29) is 18.5 Å². The van der Waals surface area contributed by atoms with Crippen molar-refractivity contribution in [1.82, 2.24) is 20.5 Å². The van der Waals surface area contributed by atoms with Gasteiger partial charge in [0.2, 0.25) is 5.91 Å². The van der Waals surface area contributed by atoms with Crippen LogP contribution in [0.15, 0.2) is 5.38 Å². The van der Waals surface area contributed by atoms with E-state index in [1.54, 1.807) is 23.3 Å². The summed E-state index contributed by atoms with van der Waals surface area (Å²) in [6, 6.07) is -0.354. The largest absolute Gasteiger partial charge is 0.344 e. The summed E-state index contributed by atoms with van der Waals surface area (Å²) in [5, 5.41) is 7.86. The second-order valence-corrected chi connectivity index (χ2v) is 4.82. The number of likely N-dealkylation sites (N-methyl/N-ethyl adjacent to an activating group) is 1. The Morgan fingerprint density at radius 3 is 2.78 bits per heavy atom. The average molecular weight is 270 g/mol. The number of amides is 3. The summed E-state index contributed by atoms with van der Waals surface area (Å²) in [5.74, 6) is -0.119. The summed E-state index contributed by atoms with van der Waals surface area (Å²) < 4.78 is 0. The molecule has 0 aliphatic heterocycles. The van der Waals surface area contributed by atoms with Gasteiger partial charge < -0.3 is 15.5 Å². The molecule has 0 saturated carbocycles. The number of hydrogen-bond acceptors (Lipinski definition) is 4. The number of aryl methyl sites for hydroxylation is 1. The van der Waals surface area contributed by atoms with Crippen molar-refractivity contribution in [3.05, 3.63) is 16.1 Å². The van der Waals surface area contributed by atoms with Crippen LogP contribution in [0.1, 0.15) is 10.7 Å². The number of nitrogens with zero attached hydrogens (tertiary/aromatic N) is 2. The van der Waals surface area contributed by atoms with E-state index in [4.69, 9.17) is 0 Å². The number of rotatable bonds is 5. The molecule has 0 spiro atoms. The van der Waals surface area contributed by atoms with Crippen LogP contribution in [-0.4, -0.2) is 49.0 Å². The molecule has 100 valence electrons. The topological polar surface area (TPSA) is 74.3 Å². The Kier molecular flexibility index (Phi) is 5.57. The third-order valence-electron chi connectivity index (χ3n) is 2.38. The number of aromatic nitrogens is 1. The van der Waals surface area contributed by atoms with Gasteiger partial charge in [-0.25, -0.2) is 9.78 Å². The Balaban J connectivity index is 2.29. The van der Waals surface area contributed by atoms with Crippen LogP contribution in [0.3, 0.4) is 0 Å². The van der Waals surface area contributed by atoms with E-state index >= 15 is 0 Å². The SMILES string of the molecule is CNC(=O)NCC(=O)N(C)CCc1nc(C)cs1. The van der Waals surface area contributed by atoms with Crippen molar-refractivity contribution >= 4 is 23.3 Å². The lowest BCUT2D eigenvalue weighted by Crippen LogP contribution is -2.42. The molecule has 7 heteroatoms. The van der Waals surface area contributed by atoms with Crippen LogP contribution in [0.4, 0.5) is 4.79 Å². The number of carbonyl (C=O) groups is 2. The van der Waals surface area contributed by atoms with Crippen molar-refractivity contribution < 1.29 is 9.59 Å². The normalized spacial score (nSPS) is 9.94. The molecule has 1 aromatic heterocycles. The van der Waals surface area contributed by atoms with Crippen molar-refractivity contribution in [2.45, 2.75) is 13.3 Å². The van der Waals surface area contributed by atoms with Crippen LogP contribution in [0.25, 0.3) is 0 Å². The highest BCUT2D eigenvalue weighted by Crippen LogP contribution is 2.09. The lowest BCUT2D eigenvalue weighted by molar-refractivity contribution is -0.128. The summed E-state index contributed by atoms with van der Waals surface area (Å²) in [6.45, 7) is 2.55. The van der Waals surface area contributed by atoms with Crippen LogP contribution in [0.5, 0.6) is 0 Å². The maximum atomic E-state index is 11.7. The Morgan fingerprint density at radius 2 is 2.22 bits per heavy atom. The van der Waals surface area contributed by atoms with E-state index in [1.165, 1.54) is 7.05 Å². The van der Waals surface area contributed by atoms with Gasteiger partial charge in [0.1, 0.15) is 0 Å². The summed E-state index contributed by atoms with van der Waals surface area (Å²) in [5.41, 5.74) is 1.00. The Labute approximate surface area is 110 Å². The zero-order chi connectivity index (χ0) is 13.5. The minimum Gasteiger partial charge on any atom is -0.344 e. The summed E-state index contributed by atoms with van der Waals surface area (Å²) >= 11 is 1.60. The number of thiazole rings is 1. The van der Waals surface area contributed by atoms with E-state index < -0.39 is 0 Å². The number of hydrogen-bond donors (Lipinski definition) is 2. The van der Waals surface area contributed by atoms with Crippen molar-refractivity contribution in [2.75, 3.05) is 27.2 Å². The molecule has 1 heterocycles. The van der Waals surface area contributed by atoms with Crippen LogP contribution in [-0.2, 0) is 11.2 Å². The van der Waals surface area contributed by atoms with Gasteiger partial charge in [0.25, 0.3) is 0 Å². The standard InChI is InChI=1S/C11H18N4O2S/c1-8-7-18-9(14-8)4-5-15(3)10(16)6-13-11(17)12-2/h7H,4-6H2,1-3H3,(H2,12,13,17). The first kappa shape index (κ1) is 14.4. The fourth-order valence-electron chi connectivity index (χ4n) is 1.28. The minimum atomic E-state index is -0.354. The molecule has 18 heavy (non-hydrogen) atoms. The fourth-order valence-corrected chi connectivity index (χ4v) is 2.05. The van der Waals surface area contributed by atoms with Gasteiger partial charge in [0.05, 0.1) is 11.6 Å². The number of nitrogens with one attached hydrogen (secondary N) is 2. The first-order valence-electron chi connectivity index (χ1n) is 5.63. The molecule has 0 bridgehead atoms. The first-order chi connectivity index (χ1) is 8.52. The monoisotopic (exact) mass is 270 g/mol. The fraction of sp³-hybridized carbons (Fsp3) is 0.545. The average Bonchev–Trinajstić information content (AvgIpc) is 2.78. The van der Waals surface area contributed by atoms with Gasteiger partial charge in [0, 0.05) is 38.1 Å². The van der Waals surface area contributed by atoms with E-state index in [2.05, 4.69) is 15.6 Å². The zero-order valence-corrected chi connectivity index (χ0v) is 11.6. The molecule has 0 radical (unpaired) electrons. The molecule has 3 amide bonds. The van der Waals surface area contributed by atoms with Crippen LogP contribution in [0, 0.1) is 6.92 Å². The number of urea groups is 1. The molecule has 0 atom stereocenters. The molecule has 1 aromatic rings. The molecule has 0 fully saturated rings. The van der Waals surface area contributed by atoms with Gasteiger partial charge >= 0.3 is 6.03 Å². The summed E-state index contributed by atoms with van der Waals surface area (Å²) in [7, 11) is 3.22. The first-order valence-corrected chi connectivity index (χ1v) is 6.51. The van der Waals surface area contributed by atoms with Gasteiger partial charge in [-0.1, -0.05) is 0 Å². The molecule has 6 nitrogen and oxygen atoms in total. The van der Waals surface area contributed by atoms with E-state index in [0.717, 1.165) is 17.1 Å². The van der Waals surface area contributed by atoms with Gasteiger partial charge in [0.15, 0.2) is 0 Å². The van der Waals surface area contributed by atoms with E-state index in [1.807, 2.05) is 12.3 Å². The van der Waals surface area contributed by atoms with E-state index in [0.29, 0.717) is 6.54 Å². The van der Waals surface area contributed by atoms with Crippen molar-refractivity contribution in [2.24, 2.45) is 0 Å². The lowest BCUT2D eigenvalue weighted by Gasteiger charge is -2.16. The third kappa shape index (κ3) is 4.70. The predicted octanol–water partition coefficient (Wildman–Crippen LogP) is 0.381. The molecule has 0 aliphatic rings. The maximum Gasteiger partial charge on any atom is 0.314 e. The van der Waals surface area contributed by atoms with Crippen LogP contribution in [0.2, 0.25) is 0 Å². The second kappa shape index (κ2) is 6.95. The van der Waals surface area contributed by atoms with Crippen LogP contribution >= 0.6 is 11.3 Å². The Bertz CT molecular complexity index is 419. The highest BCUT2D eigenvalue weighted by atomic mass is 32.1. The summed E-state index contributed by atoms with van der Waals surface area (Å²) in [6.07, 6.45) is 0.737. The molecular formula is C11H18N4O2S. The lowest BCUT2D eigenvalue weighted by atomic mass is 10.4. The van der Waals surface area contributed by atoms with Crippen molar-refractivity contribution in [3.63, 3.8) is 0 Å². The minimum absolute atomic E-state index is 0.00701. The second-order valence-electron chi connectivity index (χ2n) is 3.88. The maximum absolute atomic E-state index is 11.7. The quantitative estimate of drug-likeness (QED) is 0.812. The molecular weight excluding hydrogens is 252 g/mol. The van der Waals surface area contributed by atoms with Crippen LogP contribution < -0.4 is 10.6 Å². The Morgan fingerprint density at radius 1 is 1.50 bits per heavy atom. The smallest absolute Gasteiger partial charge is 0.314 e. The van der Waals surface area contributed by atoms with Gasteiger partial charge in [-0.2, -0.15) is 0 Å². The number of carbonyl (C=O) groups excluding carboxylic acids is 2. The third-order valence-corrected chi connectivity index (χ3v) is 3.41. The zero-order valence-electron chi connectivity index (χ0n) is 10.8. The van der Waals surface area contributed by atoms with Crippen molar-refractivity contribution in [3.8, 4) is 0 Å². The van der Waals surface area contributed by atoms with Gasteiger partial charge in [-0.05, 0) is 6.92 Å². The highest BCUT2D eigenvalue weighted by molar-refractivity contribution is 7.09. The molecule has 0 unspecified atom stereocenters. The molecule has 2 N–H and O–H groups in total. The van der Waals surface area contributed by atoms with Gasteiger partial charge in [-0.3, -0.25) is 4.79 Å². The molecule has 0 aromatic carbocycles. The summed E-state index contributed by atoms with van der Waals surface area (Å²) in [4.78, 5) is 28.5. The predicted molar refractivity (Wildman–Crippen MR) is 70.7 cm³/mol. The molecule has 0 aliphatic carbocycles. The molecule has 0 saturated heterocycles. The highest BCUT2D eigenvalue weighted by Gasteiger charge is 2.10. The molecule has 1 rings (SSSR count). The van der Waals surface area contributed by atoms with Gasteiger partial charge in [-0.15, -0.1) is 11.3 Å².